The van der Waals surface area contributed by atoms with Gasteiger partial charge in [0, 0.05) is 47.9 Å². The fourth-order valence-corrected chi connectivity index (χ4v) is 2.92. The molecule has 1 N–H and O–H groups in total. The Kier molecular flexibility index (Phi) is 16.5. The van der Waals surface area contributed by atoms with E-state index in [1.165, 1.54) is 0 Å². The number of H-pyrrole nitrogens is 1. The highest BCUT2D eigenvalue weighted by molar-refractivity contribution is 6.31. The van der Waals surface area contributed by atoms with Crippen LogP contribution in [0, 0.1) is 41.5 Å². The van der Waals surface area contributed by atoms with Crippen LogP contribution in [0.15, 0.2) is 67.5 Å². The smallest absolute Gasteiger partial charge is 0.222 e. The van der Waals surface area contributed by atoms with Crippen molar-refractivity contribution in [3.05, 3.63) is 122 Å². The number of nitrogens with zero attached hydrogens (tertiary/aromatic N) is 7. The van der Waals surface area contributed by atoms with Crippen LogP contribution >= 0.6 is 46.4 Å². The summed E-state index contributed by atoms with van der Waals surface area (Å²) in [6.45, 7) is 11.4. The van der Waals surface area contributed by atoms with Crippen LogP contribution < -0.4 is 0 Å². The van der Waals surface area contributed by atoms with E-state index in [0.29, 0.717) is 10.4 Å². The number of hydrogen-bond acceptors (Lipinski definition) is 7. The van der Waals surface area contributed by atoms with Crippen molar-refractivity contribution < 1.29 is 0 Å². The van der Waals surface area contributed by atoms with E-state index in [9.17, 15) is 0 Å². The summed E-state index contributed by atoms with van der Waals surface area (Å²) in [5, 5.41) is 8.86. The van der Waals surface area contributed by atoms with Gasteiger partial charge in [0.05, 0.1) is 5.02 Å². The lowest BCUT2D eigenvalue weighted by atomic mass is 10.3. The van der Waals surface area contributed by atoms with Crippen LogP contribution in [-0.4, -0.2) is 40.1 Å². The predicted molar refractivity (Wildman–Crippen MR) is 160 cm³/mol. The molecular formula is C27H30Cl4N8. The van der Waals surface area contributed by atoms with Gasteiger partial charge in [-0.1, -0.05) is 34.8 Å². The fraction of sp³-hybridized carbons (Fsp3) is 0.222. The standard InChI is InChI=1S/3C6H6ClN.C5H5ClN2.C4H7N3/c1-5-4-8-3-2-6(5)7;1-5-2-3-8-4-6(5)7;1-5-2-3-8-6(7)4-5;1-4-2-3-7-5(6)8-4;1-3-5-4(2)7-6-3/h3*2-4H,1H3;2-3H,1H3;1-2H3,(H,5,6,7). The lowest BCUT2D eigenvalue weighted by Gasteiger charge is -1.90. The van der Waals surface area contributed by atoms with Gasteiger partial charge in [0.1, 0.15) is 16.8 Å². The van der Waals surface area contributed by atoms with E-state index in [1.807, 2.05) is 59.7 Å². The second-order valence-electron chi connectivity index (χ2n) is 7.84. The van der Waals surface area contributed by atoms with E-state index in [2.05, 4.69) is 40.1 Å². The van der Waals surface area contributed by atoms with Crippen molar-refractivity contribution >= 4 is 46.4 Å². The Morgan fingerprint density at radius 2 is 1.31 bits per heavy atom. The summed E-state index contributed by atoms with van der Waals surface area (Å²) in [6.07, 6.45) is 10.1. The first-order chi connectivity index (χ1) is 18.5. The zero-order valence-corrected chi connectivity index (χ0v) is 25.5. The number of pyridine rings is 3. The van der Waals surface area contributed by atoms with Crippen LogP contribution in [-0.2, 0) is 0 Å². The van der Waals surface area contributed by atoms with Crippen molar-refractivity contribution in [3.8, 4) is 0 Å². The summed E-state index contributed by atoms with van der Waals surface area (Å²) in [7, 11) is 0. The molecule has 206 valence electrons. The summed E-state index contributed by atoms with van der Waals surface area (Å²) in [5.74, 6) is 1.68. The predicted octanol–water partition coefficient (Wildman–Crippen LogP) is 7.99. The number of aryl methyl sites for hydroxylation is 6. The van der Waals surface area contributed by atoms with Gasteiger partial charge < -0.3 is 0 Å². The molecule has 0 radical (unpaired) electrons. The zero-order chi connectivity index (χ0) is 29.2. The first-order valence-corrected chi connectivity index (χ1v) is 13.0. The molecule has 0 saturated carbocycles. The third-order valence-corrected chi connectivity index (χ3v) is 5.49. The van der Waals surface area contributed by atoms with Gasteiger partial charge in [0.25, 0.3) is 0 Å². The number of hydrogen-bond donors (Lipinski definition) is 1. The molecule has 0 amide bonds. The molecule has 0 saturated heterocycles. The molecule has 5 rings (SSSR count). The Hall–Kier alpha value is -3.17. The minimum Gasteiger partial charge on any atom is -0.264 e. The van der Waals surface area contributed by atoms with Crippen molar-refractivity contribution in [2.75, 3.05) is 0 Å². The largest absolute Gasteiger partial charge is 0.264 e. The second-order valence-corrected chi connectivity index (χ2v) is 9.38. The van der Waals surface area contributed by atoms with E-state index in [1.54, 1.807) is 49.3 Å². The van der Waals surface area contributed by atoms with Crippen LogP contribution in [0.25, 0.3) is 0 Å². The Morgan fingerprint density at radius 3 is 1.64 bits per heavy atom. The average molecular weight is 608 g/mol. The van der Waals surface area contributed by atoms with E-state index >= 15 is 0 Å². The first-order valence-electron chi connectivity index (χ1n) is 11.5. The summed E-state index contributed by atoms with van der Waals surface area (Å²) >= 11 is 22.3. The molecule has 5 heterocycles. The van der Waals surface area contributed by atoms with Crippen LogP contribution in [0.5, 0.6) is 0 Å². The highest BCUT2D eigenvalue weighted by Gasteiger charge is 1.89. The van der Waals surface area contributed by atoms with E-state index in [4.69, 9.17) is 46.4 Å². The van der Waals surface area contributed by atoms with Gasteiger partial charge in [0.15, 0.2) is 0 Å². The van der Waals surface area contributed by atoms with Gasteiger partial charge in [-0.15, -0.1) is 0 Å². The van der Waals surface area contributed by atoms with Crippen molar-refractivity contribution in [2.24, 2.45) is 0 Å². The summed E-state index contributed by atoms with van der Waals surface area (Å²) in [6, 6.07) is 9.18. The Bertz CT molecular complexity index is 1220. The van der Waals surface area contributed by atoms with Crippen LogP contribution in [0.2, 0.25) is 20.5 Å². The van der Waals surface area contributed by atoms with Gasteiger partial charge in [0.2, 0.25) is 5.28 Å². The topological polar surface area (TPSA) is 106 Å². The molecule has 0 aliphatic heterocycles. The highest BCUT2D eigenvalue weighted by atomic mass is 35.5. The second kappa shape index (κ2) is 19.0. The maximum atomic E-state index is 5.67. The van der Waals surface area contributed by atoms with Crippen molar-refractivity contribution in [2.45, 2.75) is 41.5 Å². The van der Waals surface area contributed by atoms with Gasteiger partial charge in [-0.2, -0.15) is 5.10 Å². The fourth-order valence-electron chi connectivity index (χ4n) is 2.27. The van der Waals surface area contributed by atoms with Crippen LogP contribution in [0.3, 0.4) is 0 Å². The number of aromatic nitrogens is 8. The van der Waals surface area contributed by atoms with Crippen molar-refractivity contribution in [1.82, 2.24) is 40.1 Å². The molecule has 0 aliphatic carbocycles. The number of rotatable bonds is 0. The molecule has 0 spiro atoms. The van der Waals surface area contributed by atoms with Crippen molar-refractivity contribution in [3.63, 3.8) is 0 Å². The van der Waals surface area contributed by atoms with Gasteiger partial charge >= 0.3 is 0 Å². The third-order valence-electron chi connectivity index (χ3n) is 4.28. The number of nitrogens with one attached hydrogen (secondary N) is 1. The first kappa shape index (κ1) is 33.9. The van der Waals surface area contributed by atoms with Gasteiger partial charge in [-0.3, -0.25) is 15.1 Å². The summed E-state index contributed by atoms with van der Waals surface area (Å²) in [4.78, 5) is 22.9. The molecule has 0 atom stereocenters. The Labute approximate surface area is 249 Å². The minimum absolute atomic E-state index is 0.310. The maximum absolute atomic E-state index is 5.67. The highest BCUT2D eigenvalue weighted by Crippen LogP contribution is 2.11. The molecule has 5 aromatic rings. The molecule has 12 heteroatoms. The number of halogens is 4. The molecule has 39 heavy (non-hydrogen) atoms. The zero-order valence-electron chi connectivity index (χ0n) is 22.5. The molecule has 0 bridgehead atoms. The van der Waals surface area contributed by atoms with Crippen molar-refractivity contribution in [1.29, 1.82) is 0 Å². The molecule has 5 aromatic heterocycles. The van der Waals surface area contributed by atoms with Gasteiger partial charge in [-0.25, -0.2) is 19.9 Å². The maximum Gasteiger partial charge on any atom is 0.222 e. The summed E-state index contributed by atoms with van der Waals surface area (Å²) < 4.78 is 0. The third kappa shape index (κ3) is 16.4. The quantitative estimate of drug-likeness (QED) is 0.140. The van der Waals surface area contributed by atoms with Gasteiger partial charge in [-0.05, 0) is 100 Å². The Balaban J connectivity index is 0.000000244. The van der Waals surface area contributed by atoms with Crippen LogP contribution in [0.4, 0.5) is 0 Å². The average Bonchev–Trinajstić information content (AvgIpc) is 3.26. The normalized spacial score (nSPS) is 9.28. The molecule has 0 fully saturated rings. The monoisotopic (exact) mass is 606 g/mol. The van der Waals surface area contributed by atoms with Crippen LogP contribution in [0.1, 0.15) is 34.0 Å². The molecule has 0 aromatic carbocycles. The van der Waals surface area contributed by atoms with E-state index < -0.39 is 0 Å². The Morgan fingerprint density at radius 1 is 0.641 bits per heavy atom. The SMILES string of the molecule is Cc1ccnc(Cl)c1.Cc1ccnc(Cl)n1.Cc1ccncc1Cl.Cc1cnccc1Cl.Cc1n[nH]c(C)n1. The molecular weight excluding hydrogens is 578 g/mol. The molecule has 8 nitrogen and oxygen atoms in total. The lowest BCUT2D eigenvalue weighted by Crippen LogP contribution is -1.82. The lowest BCUT2D eigenvalue weighted by molar-refractivity contribution is 1.02. The van der Waals surface area contributed by atoms with E-state index in [0.717, 1.165) is 44.1 Å². The summed E-state index contributed by atoms with van der Waals surface area (Å²) in [5.41, 5.74) is 4.13. The number of aromatic amines is 1. The van der Waals surface area contributed by atoms with E-state index in [-0.39, 0.29) is 0 Å². The molecule has 0 unspecified atom stereocenters. The minimum atomic E-state index is 0.310. The molecule has 0 aliphatic rings.